The van der Waals surface area contributed by atoms with E-state index >= 15 is 0 Å². The fraction of sp³-hybridized carbons (Fsp3) is 0.533. The van der Waals surface area contributed by atoms with Crippen molar-refractivity contribution in [2.75, 3.05) is 19.4 Å². The summed E-state index contributed by atoms with van der Waals surface area (Å²) in [7, 11) is 0.304. The molecule has 3 atom stereocenters. The quantitative estimate of drug-likeness (QED) is 0.359. The second kappa shape index (κ2) is 14.4. The SMILES string of the molecule is COc1ccc(CC(C(CNC(=O)c2ccccc2O)NC(=O)OC(C)(C)C)S(=O)CC2CCCCC2)cc1. The molecule has 8 nitrogen and oxygen atoms in total. The maximum absolute atomic E-state index is 14.0. The largest absolute Gasteiger partial charge is 0.507 e. The van der Waals surface area contributed by atoms with Gasteiger partial charge in [0.05, 0.1) is 24.0 Å². The third-order valence-corrected chi connectivity index (χ3v) is 8.81. The molecule has 2 aromatic rings. The molecule has 0 aromatic heterocycles. The number of ether oxygens (including phenoxy) is 2. The molecule has 0 spiro atoms. The summed E-state index contributed by atoms with van der Waals surface area (Å²) in [6, 6.07) is 13.1. The van der Waals surface area contributed by atoms with Crippen LogP contribution >= 0.6 is 0 Å². The Labute approximate surface area is 234 Å². The van der Waals surface area contributed by atoms with Gasteiger partial charge in [0.25, 0.3) is 5.91 Å². The van der Waals surface area contributed by atoms with Gasteiger partial charge in [-0.15, -0.1) is 0 Å². The average molecular weight is 559 g/mol. The number of carbonyl (C=O) groups excluding carboxylic acids is 2. The standard InChI is InChI=1S/C30H42N2O6S/c1-30(2,3)38-29(35)32-25(19-31-28(34)24-12-8-9-13-26(24)33)27(18-21-14-16-23(37-4)17-15-21)39(36)20-22-10-6-5-7-11-22/h8-9,12-17,22,25,27,33H,5-7,10-11,18-20H2,1-4H3,(H,31,34)(H,32,35). The van der Waals surface area contributed by atoms with Crippen LogP contribution < -0.4 is 15.4 Å². The lowest BCUT2D eigenvalue weighted by Crippen LogP contribution is -2.54. The molecule has 1 saturated carbocycles. The Balaban J connectivity index is 1.87. The Morgan fingerprint density at radius 1 is 1.05 bits per heavy atom. The molecule has 3 rings (SSSR count). The van der Waals surface area contributed by atoms with E-state index in [-0.39, 0.29) is 17.9 Å². The van der Waals surface area contributed by atoms with Crippen molar-refractivity contribution in [1.29, 1.82) is 0 Å². The maximum Gasteiger partial charge on any atom is 0.407 e. The Hall–Kier alpha value is -3.07. The molecule has 0 aliphatic heterocycles. The average Bonchev–Trinajstić information content (AvgIpc) is 2.89. The molecule has 1 aliphatic rings. The van der Waals surface area contributed by atoms with Crippen LogP contribution in [0.25, 0.3) is 0 Å². The fourth-order valence-corrected chi connectivity index (χ4v) is 6.77. The minimum Gasteiger partial charge on any atom is -0.507 e. The molecule has 1 aliphatic carbocycles. The molecule has 0 heterocycles. The Kier molecular flexibility index (Phi) is 11.2. The highest BCUT2D eigenvalue weighted by Crippen LogP contribution is 2.26. The summed E-state index contributed by atoms with van der Waals surface area (Å²) < 4.78 is 24.8. The van der Waals surface area contributed by atoms with Crippen LogP contribution in [0.3, 0.4) is 0 Å². The highest BCUT2D eigenvalue weighted by molar-refractivity contribution is 7.85. The van der Waals surface area contributed by atoms with Gasteiger partial charge in [-0.05, 0) is 75.8 Å². The van der Waals surface area contributed by atoms with Gasteiger partial charge in [-0.1, -0.05) is 43.5 Å². The molecule has 0 bridgehead atoms. The molecule has 0 radical (unpaired) electrons. The number of amides is 2. The second-order valence-electron chi connectivity index (χ2n) is 11.1. The minimum absolute atomic E-state index is 0.0175. The van der Waals surface area contributed by atoms with Crippen molar-refractivity contribution in [1.82, 2.24) is 10.6 Å². The van der Waals surface area contributed by atoms with Crippen molar-refractivity contribution < 1.29 is 28.4 Å². The van der Waals surface area contributed by atoms with Crippen molar-refractivity contribution in [3.63, 3.8) is 0 Å². The number of benzene rings is 2. The lowest BCUT2D eigenvalue weighted by molar-refractivity contribution is 0.0500. The van der Waals surface area contributed by atoms with E-state index < -0.39 is 39.7 Å². The monoisotopic (exact) mass is 558 g/mol. The van der Waals surface area contributed by atoms with E-state index in [1.165, 1.54) is 18.6 Å². The molecule has 0 saturated heterocycles. The first-order chi connectivity index (χ1) is 18.6. The van der Waals surface area contributed by atoms with Crippen molar-refractivity contribution in [3.8, 4) is 11.5 Å². The summed E-state index contributed by atoms with van der Waals surface area (Å²) in [5.41, 5.74) is 0.352. The molecule has 214 valence electrons. The number of alkyl carbamates (subject to hydrolysis) is 1. The number of methoxy groups -OCH3 is 1. The molecule has 3 unspecified atom stereocenters. The topological polar surface area (TPSA) is 114 Å². The second-order valence-corrected chi connectivity index (χ2v) is 12.8. The van der Waals surface area contributed by atoms with E-state index in [9.17, 15) is 18.9 Å². The third kappa shape index (κ3) is 9.88. The number of nitrogens with one attached hydrogen (secondary N) is 2. The van der Waals surface area contributed by atoms with Gasteiger partial charge < -0.3 is 25.2 Å². The smallest absolute Gasteiger partial charge is 0.407 e. The maximum atomic E-state index is 14.0. The van der Waals surface area contributed by atoms with E-state index in [4.69, 9.17) is 9.47 Å². The van der Waals surface area contributed by atoms with Gasteiger partial charge in [0.15, 0.2) is 0 Å². The molecular formula is C30H42N2O6S. The predicted octanol–water partition coefficient (Wildman–Crippen LogP) is 4.96. The van der Waals surface area contributed by atoms with Crippen LogP contribution in [0.5, 0.6) is 11.5 Å². The molecule has 2 aromatic carbocycles. The van der Waals surface area contributed by atoms with Crippen LogP contribution in [0, 0.1) is 5.92 Å². The first-order valence-electron chi connectivity index (χ1n) is 13.6. The number of rotatable bonds is 11. The van der Waals surface area contributed by atoms with Crippen LogP contribution in [0.4, 0.5) is 4.79 Å². The third-order valence-electron chi connectivity index (χ3n) is 6.84. The number of aromatic hydroxyl groups is 1. The molecule has 39 heavy (non-hydrogen) atoms. The number of phenolic OH excluding ortho intramolecular Hbond substituents is 1. The zero-order valence-electron chi connectivity index (χ0n) is 23.4. The predicted molar refractivity (Wildman–Crippen MR) is 154 cm³/mol. The molecule has 2 amide bonds. The molecule has 9 heteroatoms. The van der Waals surface area contributed by atoms with Gasteiger partial charge in [0, 0.05) is 23.1 Å². The first-order valence-corrected chi connectivity index (χ1v) is 15.0. The summed E-state index contributed by atoms with van der Waals surface area (Å²) in [5.74, 6) is 1.02. The van der Waals surface area contributed by atoms with Gasteiger partial charge in [0.1, 0.15) is 17.1 Å². The van der Waals surface area contributed by atoms with E-state index in [0.29, 0.717) is 18.1 Å². The highest BCUT2D eigenvalue weighted by atomic mass is 32.2. The van der Waals surface area contributed by atoms with Crippen LogP contribution in [-0.2, 0) is 22.0 Å². The van der Waals surface area contributed by atoms with Crippen LogP contribution in [0.15, 0.2) is 48.5 Å². The zero-order valence-corrected chi connectivity index (χ0v) is 24.2. The van der Waals surface area contributed by atoms with Crippen molar-refractivity contribution >= 4 is 22.8 Å². The Bertz CT molecular complexity index is 1110. The van der Waals surface area contributed by atoms with Gasteiger partial charge in [-0.3, -0.25) is 9.00 Å². The summed E-state index contributed by atoms with van der Waals surface area (Å²) in [6.45, 7) is 5.34. The Morgan fingerprint density at radius 3 is 2.33 bits per heavy atom. The summed E-state index contributed by atoms with van der Waals surface area (Å²) in [6.07, 6.45) is 5.38. The van der Waals surface area contributed by atoms with Gasteiger partial charge in [-0.2, -0.15) is 0 Å². The lowest BCUT2D eigenvalue weighted by atomic mass is 9.91. The number of hydrogen-bond donors (Lipinski definition) is 3. The van der Waals surface area contributed by atoms with Gasteiger partial charge >= 0.3 is 6.09 Å². The first kappa shape index (κ1) is 30.5. The van der Waals surface area contributed by atoms with Gasteiger partial charge in [0.2, 0.25) is 0 Å². The van der Waals surface area contributed by atoms with Gasteiger partial charge in [-0.25, -0.2) is 4.79 Å². The lowest BCUT2D eigenvalue weighted by Gasteiger charge is -2.31. The van der Waals surface area contributed by atoms with E-state index in [0.717, 1.165) is 37.0 Å². The van der Waals surface area contributed by atoms with Crippen molar-refractivity contribution in [2.24, 2.45) is 5.92 Å². The summed E-state index contributed by atoms with van der Waals surface area (Å²) in [5, 5.41) is 15.4. The van der Waals surface area contributed by atoms with Crippen LogP contribution in [0.2, 0.25) is 0 Å². The fourth-order valence-electron chi connectivity index (χ4n) is 4.82. The number of para-hydroxylation sites is 1. The summed E-state index contributed by atoms with van der Waals surface area (Å²) in [4.78, 5) is 25.8. The summed E-state index contributed by atoms with van der Waals surface area (Å²) >= 11 is 0. The van der Waals surface area contributed by atoms with Crippen molar-refractivity contribution in [2.45, 2.75) is 76.2 Å². The van der Waals surface area contributed by atoms with E-state index in [1.54, 1.807) is 40.0 Å². The van der Waals surface area contributed by atoms with E-state index in [2.05, 4.69) is 10.6 Å². The minimum atomic E-state index is -1.30. The van der Waals surface area contributed by atoms with E-state index in [1.807, 2.05) is 24.3 Å². The van der Waals surface area contributed by atoms with Crippen LogP contribution in [-0.4, -0.2) is 57.6 Å². The zero-order chi connectivity index (χ0) is 28.4. The van der Waals surface area contributed by atoms with Crippen molar-refractivity contribution in [3.05, 3.63) is 59.7 Å². The molecular weight excluding hydrogens is 516 g/mol. The molecule has 1 fully saturated rings. The normalized spacial score (nSPS) is 16.5. The Morgan fingerprint density at radius 2 is 1.72 bits per heavy atom. The molecule has 3 N–H and O–H groups in total. The van der Waals surface area contributed by atoms with Crippen LogP contribution in [0.1, 0.15) is 68.8 Å². The number of phenols is 1. The number of carbonyl (C=O) groups is 2. The number of hydrogen-bond acceptors (Lipinski definition) is 6. The highest BCUT2D eigenvalue weighted by Gasteiger charge is 2.32.